The van der Waals surface area contributed by atoms with Gasteiger partial charge in [-0.3, -0.25) is 9.59 Å². The number of hydrogen-bond donors (Lipinski definition) is 3. The molecule has 2 amide bonds. The number of carbonyl (C=O) groups excluding carboxylic acids is 2. The van der Waals surface area contributed by atoms with Gasteiger partial charge in [-0.25, -0.2) is 4.79 Å². The number of anilines is 2. The molecule has 3 N–H and O–H groups in total. The first-order valence-corrected chi connectivity index (χ1v) is 14.7. The fraction of sp³-hybridized carbons (Fsp3) is 0.250. The molecule has 0 radical (unpaired) electrons. The van der Waals surface area contributed by atoms with Crippen molar-refractivity contribution in [3.8, 4) is 5.75 Å². The number of halogens is 4. The molecule has 0 saturated heterocycles. The summed E-state index contributed by atoms with van der Waals surface area (Å²) in [6.07, 6.45) is 2.57. The van der Waals surface area contributed by atoms with E-state index in [1.165, 1.54) is 11.8 Å². The molecule has 12 heteroatoms. The van der Waals surface area contributed by atoms with Crippen LogP contribution in [-0.4, -0.2) is 34.7 Å². The highest BCUT2D eigenvalue weighted by Gasteiger charge is 2.29. The third-order valence-electron chi connectivity index (χ3n) is 5.63. The van der Waals surface area contributed by atoms with Crippen molar-refractivity contribution >= 4 is 87.3 Å². The molecule has 0 aliphatic rings. The molecule has 0 aliphatic heterocycles. The van der Waals surface area contributed by atoms with Crippen LogP contribution in [0.2, 0.25) is 20.1 Å². The minimum absolute atomic E-state index is 0.176. The van der Waals surface area contributed by atoms with Crippen LogP contribution < -0.4 is 15.4 Å². The third-order valence-corrected chi connectivity index (χ3v) is 8.79. The average molecular weight is 644 g/mol. The maximum Gasteiger partial charge on any atom is 0.338 e. The summed E-state index contributed by atoms with van der Waals surface area (Å²) in [4.78, 5) is 38.6. The van der Waals surface area contributed by atoms with Crippen LogP contribution in [0.4, 0.5) is 11.4 Å². The van der Waals surface area contributed by atoms with Crippen molar-refractivity contribution in [3.63, 3.8) is 0 Å². The minimum Gasteiger partial charge on any atom is -0.494 e. The summed E-state index contributed by atoms with van der Waals surface area (Å²) in [7, 11) is 0. The number of rotatable bonds is 12. The molecule has 0 spiro atoms. The number of carbonyl (C=O) groups is 3. The van der Waals surface area contributed by atoms with E-state index in [2.05, 4.69) is 17.6 Å². The van der Waals surface area contributed by atoms with Gasteiger partial charge < -0.3 is 20.5 Å². The lowest BCUT2D eigenvalue weighted by atomic mass is 10.1. The molecule has 3 rings (SSSR count). The van der Waals surface area contributed by atoms with Crippen molar-refractivity contribution in [3.05, 3.63) is 79.7 Å². The molecule has 3 aromatic carbocycles. The summed E-state index contributed by atoms with van der Waals surface area (Å²) in [5.74, 6) is -1.76. The van der Waals surface area contributed by atoms with Crippen LogP contribution in [0, 0.1) is 0 Å². The number of nitrogens with one attached hydrogen (secondary N) is 2. The first-order valence-electron chi connectivity index (χ1n) is 12.3. The van der Waals surface area contributed by atoms with Crippen LogP contribution in [-0.2, 0) is 4.79 Å². The number of benzene rings is 3. The zero-order valence-electron chi connectivity index (χ0n) is 21.5. The normalized spacial score (nSPS) is 11.6. The average Bonchev–Trinajstić information content (AvgIpc) is 2.93. The lowest BCUT2D eigenvalue weighted by molar-refractivity contribution is -0.115. The van der Waals surface area contributed by atoms with Gasteiger partial charge >= 0.3 is 5.97 Å². The maximum absolute atomic E-state index is 13.1. The van der Waals surface area contributed by atoms with Crippen LogP contribution in [0.25, 0.3) is 0 Å². The molecule has 0 heterocycles. The van der Waals surface area contributed by atoms with E-state index >= 15 is 0 Å². The van der Waals surface area contributed by atoms with E-state index in [1.807, 2.05) is 19.1 Å². The van der Waals surface area contributed by atoms with Crippen molar-refractivity contribution in [2.75, 3.05) is 17.2 Å². The van der Waals surface area contributed by atoms with Gasteiger partial charge in [-0.1, -0.05) is 72.7 Å². The van der Waals surface area contributed by atoms with E-state index < -0.39 is 33.3 Å². The summed E-state index contributed by atoms with van der Waals surface area (Å²) < 4.78 is 5.66. The van der Waals surface area contributed by atoms with E-state index in [-0.39, 0.29) is 21.0 Å². The van der Waals surface area contributed by atoms with Gasteiger partial charge in [0.2, 0.25) is 5.91 Å². The summed E-state index contributed by atoms with van der Waals surface area (Å²) in [5.41, 5.74) is 0.0180. The Labute approximate surface area is 256 Å². The van der Waals surface area contributed by atoms with Crippen molar-refractivity contribution in [2.24, 2.45) is 0 Å². The zero-order valence-corrected chi connectivity index (χ0v) is 25.4. The fourth-order valence-corrected chi connectivity index (χ4v) is 5.60. The fourth-order valence-electron chi connectivity index (χ4n) is 3.56. The van der Waals surface area contributed by atoms with Gasteiger partial charge in [0.15, 0.2) is 0 Å². The SMILES string of the molecule is CCCCOc1ccc(NC(=O)C(CC)Sc2cccc(NC(=O)c3c(Cl)c(Cl)c(Cl)c(Cl)c3C(=O)O)c2)cc1. The number of ether oxygens (including phenoxy) is 1. The van der Waals surface area contributed by atoms with Crippen LogP contribution >= 0.6 is 58.2 Å². The van der Waals surface area contributed by atoms with Gasteiger partial charge in [-0.2, -0.15) is 0 Å². The molecule has 0 fully saturated rings. The highest BCUT2D eigenvalue weighted by molar-refractivity contribution is 8.00. The number of carboxylic acid groups (broad SMARTS) is 1. The van der Waals surface area contributed by atoms with Crippen LogP contribution in [0.15, 0.2) is 53.4 Å². The highest BCUT2D eigenvalue weighted by atomic mass is 35.5. The summed E-state index contributed by atoms with van der Waals surface area (Å²) >= 11 is 25.6. The number of aromatic carboxylic acids is 1. The Morgan fingerprint density at radius 1 is 0.875 bits per heavy atom. The molecular weight excluding hydrogens is 618 g/mol. The second kappa shape index (κ2) is 14.8. The molecule has 0 saturated carbocycles. The van der Waals surface area contributed by atoms with E-state index in [0.29, 0.717) is 29.3 Å². The lowest BCUT2D eigenvalue weighted by Gasteiger charge is -2.16. The van der Waals surface area contributed by atoms with Gasteiger partial charge in [0, 0.05) is 16.3 Å². The van der Waals surface area contributed by atoms with Crippen LogP contribution in [0.1, 0.15) is 53.8 Å². The van der Waals surface area contributed by atoms with E-state index in [4.69, 9.17) is 51.1 Å². The number of unbranched alkanes of at least 4 members (excludes halogenated alkanes) is 1. The van der Waals surface area contributed by atoms with Gasteiger partial charge in [0.1, 0.15) is 5.75 Å². The maximum atomic E-state index is 13.1. The Morgan fingerprint density at radius 2 is 1.52 bits per heavy atom. The third kappa shape index (κ3) is 7.98. The van der Waals surface area contributed by atoms with Crippen LogP contribution in [0.3, 0.4) is 0 Å². The lowest BCUT2D eigenvalue weighted by Crippen LogP contribution is -2.24. The van der Waals surface area contributed by atoms with Gasteiger partial charge in [-0.05, 0) is 55.3 Å². The summed E-state index contributed by atoms with van der Waals surface area (Å²) in [6.45, 7) is 4.64. The molecule has 40 heavy (non-hydrogen) atoms. The molecular formula is C28H26Cl4N2O5S. The van der Waals surface area contributed by atoms with E-state index in [9.17, 15) is 19.5 Å². The first-order chi connectivity index (χ1) is 19.1. The Morgan fingerprint density at radius 3 is 2.12 bits per heavy atom. The number of hydrogen-bond acceptors (Lipinski definition) is 5. The largest absolute Gasteiger partial charge is 0.494 e. The number of thioether (sulfide) groups is 1. The molecule has 0 aromatic heterocycles. The predicted molar refractivity (Wildman–Crippen MR) is 163 cm³/mol. The smallest absolute Gasteiger partial charge is 0.338 e. The van der Waals surface area contributed by atoms with Gasteiger partial charge in [-0.15, -0.1) is 11.8 Å². The summed E-state index contributed by atoms with van der Waals surface area (Å²) in [5, 5.41) is 13.5. The Bertz CT molecular complexity index is 1400. The van der Waals surface area contributed by atoms with E-state index in [1.54, 1.807) is 36.4 Å². The topological polar surface area (TPSA) is 105 Å². The van der Waals surface area contributed by atoms with Crippen LogP contribution in [0.5, 0.6) is 5.75 Å². The Kier molecular flexibility index (Phi) is 11.8. The first kappa shape index (κ1) is 31.9. The number of carboxylic acids is 1. The molecule has 0 aliphatic carbocycles. The molecule has 3 aromatic rings. The quantitative estimate of drug-likeness (QED) is 0.0787. The van der Waals surface area contributed by atoms with Gasteiger partial charge in [0.05, 0.1) is 43.1 Å². The molecule has 0 bridgehead atoms. The Hall–Kier alpha value is -2.62. The molecule has 212 valence electrons. The monoisotopic (exact) mass is 642 g/mol. The second-order valence-electron chi connectivity index (χ2n) is 8.52. The standard InChI is InChI=1S/C28H26Cl4N2O5S/c1-3-5-13-39-17-11-9-15(10-12-17)33-26(35)19(4-2)40-18-8-6-7-16(14-18)34-27(36)20-21(28(37)38)23(30)25(32)24(31)22(20)29/h6-12,14,19H,3-5,13H2,1-2H3,(H,33,35)(H,34,36)(H,37,38). The molecule has 7 nitrogen and oxygen atoms in total. The van der Waals surface area contributed by atoms with Crippen molar-refractivity contribution in [1.29, 1.82) is 0 Å². The van der Waals surface area contributed by atoms with Crippen molar-refractivity contribution in [2.45, 2.75) is 43.3 Å². The summed E-state index contributed by atoms with van der Waals surface area (Å²) in [6, 6.07) is 14.0. The second-order valence-corrected chi connectivity index (χ2v) is 11.3. The van der Waals surface area contributed by atoms with Gasteiger partial charge in [0.25, 0.3) is 5.91 Å². The zero-order chi connectivity index (χ0) is 29.4. The van der Waals surface area contributed by atoms with Crippen molar-refractivity contribution in [1.82, 2.24) is 0 Å². The van der Waals surface area contributed by atoms with E-state index in [0.717, 1.165) is 18.6 Å². The molecule has 1 atom stereocenters. The predicted octanol–water partition coefficient (Wildman–Crippen LogP) is 8.94. The minimum atomic E-state index is -1.49. The van der Waals surface area contributed by atoms with Crippen molar-refractivity contribution < 1.29 is 24.2 Å². The Balaban J connectivity index is 1.72. The molecule has 1 unspecified atom stereocenters. The number of amides is 2. The highest BCUT2D eigenvalue weighted by Crippen LogP contribution is 2.42.